The predicted octanol–water partition coefficient (Wildman–Crippen LogP) is 6.34. The van der Waals surface area contributed by atoms with Crippen molar-refractivity contribution < 1.29 is 20.4 Å². The molecule has 0 spiro atoms. The van der Waals surface area contributed by atoms with Crippen LogP contribution in [0.2, 0.25) is 39.3 Å². The summed E-state index contributed by atoms with van der Waals surface area (Å²) >= 11 is 0. The van der Waals surface area contributed by atoms with Crippen molar-refractivity contribution in [3.8, 4) is 0 Å². The molecule has 24 heavy (non-hydrogen) atoms. The van der Waals surface area contributed by atoms with Gasteiger partial charge in [0, 0.05) is 40.0 Å². The monoisotopic (exact) mass is 494 g/mol. The Kier molecular flexibility index (Phi) is 17.6. The molecule has 144 valence electrons. The van der Waals surface area contributed by atoms with Gasteiger partial charge in [0.15, 0.2) is 0 Å². The van der Waals surface area contributed by atoms with E-state index in [1.54, 1.807) is 5.16 Å². The van der Waals surface area contributed by atoms with E-state index < -0.39 is 16.1 Å². The van der Waals surface area contributed by atoms with E-state index >= 15 is 0 Å². The molecule has 0 fully saturated rings. The first-order chi connectivity index (χ1) is 10.2. The topological polar surface area (TPSA) is 0 Å². The van der Waals surface area contributed by atoms with Gasteiger partial charge in [0.1, 0.15) is 0 Å². The summed E-state index contributed by atoms with van der Waals surface area (Å²) in [5.41, 5.74) is 1.37. The maximum absolute atomic E-state index is 3.41. The molecule has 0 aliphatic heterocycles. The minimum atomic E-state index is -1.22. The Morgan fingerprint density at radius 2 is 1.08 bits per heavy atom. The summed E-state index contributed by atoms with van der Waals surface area (Å²) in [6, 6.07) is 11.9. The van der Waals surface area contributed by atoms with Crippen LogP contribution in [0.3, 0.4) is 0 Å². The first-order valence-electron chi connectivity index (χ1n) is 8.58. The molecular weight excluding hydrogens is 453 g/mol. The van der Waals surface area contributed by atoms with Gasteiger partial charge in [-0.25, -0.2) is 0 Å². The SMILES string of the molecule is C[PH+](C)C.C[PH+](C)C.C[Si](C)(C)[C-](c1[c-]cccc1)[Si](C)(C)C.[Pd+2]. The molecule has 0 N–H and O–H groups in total. The Morgan fingerprint density at radius 3 is 1.29 bits per heavy atom. The second-order valence-electron chi connectivity index (χ2n) is 9.15. The van der Waals surface area contributed by atoms with Crippen LogP contribution in [0.5, 0.6) is 0 Å². The summed E-state index contributed by atoms with van der Waals surface area (Å²) in [5, 5.41) is 1.75. The fraction of sp³-hybridized carbons (Fsp3) is 0.632. The van der Waals surface area contributed by atoms with Crippen LogP contribution in [0.4, 0.5) is 0 Å². The fourth-order valence-corrected chi connectivity index (χ4v) is 13.4. The average Bonchev–Trinajstić information content (AvgIpc) is 2.24. The first-order valence-corrected chi connectivity index (χ1v) is 21.6. The zero-order valence-corrected chi connectivity index (χ0v) is 23.7. The molecule has 0 aromatic heterocycles. The molecule has 1 aromatic rings. The molecule has 0 unspecified atom stereocenters. The molecule has 0 saturated heterocycles. The van der Waals surface area contributed by atoms with Gasteiger partial charge in [0.05, 0.1) is 0 Å². The summed E-state index contributed by atoms with van der Waals surface area (Å²) in [6.07, 6.45) is 0. The predicted molar refractivity (Wildman–Crippen MR) is 126 cm³/mol. The van der Waals surface area contributed by atoms with Crippen molar-refractivity contribution in [1.82, 2.24) is 0 Å². The third-order valence-corrected chi connectivity index (χ3v) is 10.5. The summed E-state index contributed by atoms with van der Waals surface area (Å²) in [7, 11) is -2.19. The van der Waals surface area contributed by atoms with Crippen LogP contribution in [-0.2, 0) is 20.4 Å². The van der Waals surface area contributed by atoms with Gasteiger partial charge in [-0.15, -0.1) is 6.07 Å². The van der Waals surface area contributed by atoms with E-state index in [9.17, 15) is 0 Å². The van der Waals surface area contributed by atoms with Crippen molar-refractivity contribution in [2.24, 2.45) is 0 Å². The average molecular weight is 495 g/mol. The third-order valence-electron chi connectivity index (χ3n) is 2.48. The largest absolute Gasteiger partial charge is 2.00 e. The van der Waals surface area contributed by atoms with E-state index in [1.807, 2.05) is 6.07 Å². The molecule has 0 aliphatic carbocycles. The number of rotatable bonds is 3. The summed E-state index contributed by atoms with van der Waals surface area (Å²) in [4.78, 5) is 0. The molecule has 0 heterocycles. The minimum Gasteiger partial charge on any atom is -0.371 e. The van der Waals surface area contributed by atoms with Crippen molar-refractivity contribution in [2.75, 3.05) is 40.0 Å². The van der Waals surface area contributed by atoms with E-state index in [0.717, 1.165) is 0 Å². The fourth-order valence-electron chi connectivity index (χ4n) is 2.48. The van der Waals surface area contributed by atoms with Crippen molar-refractivity contribution in [3.63, 3.8) is 0 Å². The smallest absolute Gasteiger partial charge is 0.371 e. The quantitative estimate of drug-likeness (QED) is 0.261. The minimum absolute atomic E-state index is 0. The summed E-state index contributed by atoms with van der Waals surface area (Å²) in [5.74, 6) is 0. The van der Waals surface area contributed by atoms with Gasteiger partial charge in [0.25, 0.3) is 0 Å². The van der Waals surface area contributed by atoms with Crippen molar-refractivity contribution in [3.05, 3.63) is 41.1 Å². The van der Waals surface area contributed by atoms with Gasteiger partial charge in [0.2, 0.25) is 0 Å². The molecule has 1 aromatic carbocycles. The Labute approximate surface area is 172 Å². The molecule has 0 bridgehead atoms. The van der Waals surface area contributed by atoms with Crippen molar-refractivity contribution in [1.29, 1.82) is 0 Å². The van der Waals surface area contributed by atoms with Crippen LogP contribution in [0.1, 0.15) is 5.56 Å². The molecule has 0 aliphatic rings. The number of hydrogen-bond acceptors (Lipinski definition) is 0. The molecule has 0 radical (unpaired) electrons. The van der Waals surface area contributed by atoms with E-state index in [4.69, 9.17) is 0 Å². The number of hydrogen-bond donors (Lipinski definition) is 0. The Morgan fingerprint density at radius 1 is 0.750 bits per heavy atom. The Balaban J connectivity index is -0.000000413. The van der Waals surface area contributed by atoms with Crippen LogP contribution >= 0.6 is 15.8 Å². The van der Waals surface area contributed by atoms with Gasteiger partial charge >= 0.3 is 20.4 Å². The normalized spacial score (nSPS) is 10.9. The van der Waals surface area contributed by atoms with Crippen LogP contribution in [0, 0.1) is 11.2 Å². The Hall–Kier alpha value is 1.05. The molecule has 0 atom stereocenters. The van der Waals surface area contributed by atoms with Gasteiger partial charge in [-0.05, 0) is 32.0 Å². The van der Waals surface area contributed by atoms with E-state index in [-0.39, 0.29) is 36.3 Å². The van der Waals surface area contributed by atoms with E-state index in [2.05, 4.69) is 104 Å². The third kappa shape index (κ3) is 17.9. The number of benzene rings is 1. The van der Waals surface area contributed by atoms with Crippen LogP contribution in [0.25, 0.3) is 0 Å². The molecule has 5 heteroatoms. The van der Waals surface area contributed by atoms with Gasteiger partial charge in [-0.1, -0.05) is 39.3 Å². The molecule has 0 amide bonds. The Bertz CT molecular complexity index is 371. The molecule has 1 rings (SSSR count). The maximum Gasteiger partial charge on any atom is 2.00 e. The zero-order chi connectivity index (χ0) is 18.8. The summed E-state index contributed by atoms with van der Waals surface area (Å²) in [6.45, 7) is 28.3. The van der Waals surface area contributed by atoms with Gasteiger partial charge in [-0.3, -0.25) is 11.2 Å². The molecule has 0 saturated carbocycles. The van der Waals surface area contributed by atoms with Crippen LogP contribution in [0.15, 0.2) is 24.3 Å². The van der Waals surface area contributed by atoms with E-state index in [1.165, 1.54) is 5.56 Å². The van der Waals surface area contributed by atoms with Crippen molar-refractivity contribution >= 4 is 32.0 Å². The standard InChI is InChI=1S/C13H22Si2.2C3H9P.Pd/c1-14(2,3)13(15(4,5)6)12-10-8-7-9-11-12;2*1-4(2)3;/h7-10H,1-6H3;2*1-3H3;/q-2;;;+2/p+2. The zero-order valence-electron chi connectivity index (χ0n) is 18.1. The maximum atomic E-state index is 3.41. The molecule has 0 nitrogen and oxygen atoms in total. The van der Waals surface area contributed by atoms with Crippen molar-refractivity contribution in [2.45, 2.75) is 39.3 Å². The second kappa shape index (κ2) is 14.1. The first kappa shape index (κ1) is 29.8. The van der Waals surface area contributed by atoms with Gasteiger partial charge in [-0.2, -0.15) is 12.1 Å². The van der Waals surface area contributed by atoms with Gasteiger partial charge < -0.3 is 11.6 Å². The van der Waals surface area contributed by atoms with Crippen LogP contribution in [-0.4, -0.2) is 56.1 Å². The van der Waals surface area contributed by atoms with E-state index in [0.29, 0.717) is 0 Å². The summed E-state index contributed by atoms with van der Waals surface area (Å²) < 4.78 is 0. The van der Waals surface area contributed by atoms with Crippen LogP contribution < -0.4 is 0 Å². The molecular formula is C19H42P2PdSi2+2. The second-order valence-corrected chi connectivity index (χ2v) is 25.7.